The maximum absolute atomic E-state index is 14.5. The highest BCUT2D eigenvalue weighted by Gasteiger charge is 2.39. The van der Waals surface area contributed by atoms with Crippen LogP contribution in [-0.4, -0.2) is 68.9 Å². The molecule has 2 aliphatic rings. The predicted molar refractivity (Wildman–Crippen MR) is 137 cm³/mol. The summed E-state index contributed by atoms with van der Waals surface area (Å²) in [5, 5.41) is 15.2. The first-order chi connectivity index (χ1) is 18.8. The van der Waals surface area contributed by atoms with Gasteiger partial charge in [-0.25, -0.2) is 22.6 Å². The number of fused-ring (bicyclic) bond motifs is 1. The van der Waals surface area contributed by atoms with E-state index >= 15 is 0 Å². The number of likely N-dealkylation sites (tertiary alicyclic amines) is 1. The summed E-state index contributed by atoms with van der Waals surface area (Å²) in [4.78, 5) is 30.9. The number of nitrogens with zero attached hydrogens (tertiary/aromatic N) is 5. The van der Waals surface area contributed by atoms with Crippen LogP contribution in [0.4, 0.5) is 23.7 Å². The number of β-amino-alcohol motifs (C(OH)–C–C–N with tert-alkyl or cyclic N) is 1. The molecule has 200 valence electrons. The summed E-state index contributed by atoms with van der Waals surface area (Å²) >= 11 is 0. The monoisotopic (exact) mass is 535 g/mol. The normalized spacial score (nSPS) is 19.5. The van der Waals surface area contributed by atoms with Gasteiger partial charge >= 0.3 is 6.03 Å². The summed E-state index contributed by atoms with van der Waals surface area (Å²) in [6, 6.07) is 13.3. The number of aliphatic hydroxyl groups is 1. The first kappa shape index (κ1) is 24.9. The van der Waals surface area contributed by atoms with E-state index in [2.05, 4.69) is 5.10 Å². The Morgan fingerprint density at radius 3 is 2.59 bits per heavy atom. The van der Waals surface area contributed by atoms with E-state index in [4.69, 9.17) is 0 Å². The zero-order chi connectivity index (χ0) is 27.3. The summed E-state index contributed by atoms with van der Waals surface area (Å²) < 4.78 is 44.2. The van der Waals surface area contributed by atoms with E-state index in [1.54, 1.807) is 42.6 Å². The lowest BCUT2D eigenvalue weighted by atomic mass is 10.0. The van der Waals surface area contributed by atoms with Crippen LogP contribution in [0.3, 0.4) is 0 Å². The van der Waals surface area contributed by atoms with E-state index in [9.17, 15) is 27.9 Å². The van der Waals surface area contributed by atoms with Crippen LogP contribution in [0.1, 0.15) is 18.0 Å². The van der Waals surface area contributed by atoms with Crippen LogP contribution in [0.5, 0.6) is 0 Å². The molecule has 2 fully saturated rings. The highest BCUT2D eigenvalue weighted by Crippen LogP contribution is 2.35. The van der Waals surface area contributed by atoms with Crippen LogP contribution in [0.2, 0.25) is 0 Å². The summed E-state index contributed by atoms with van der Waals surface area (Å²) in [6.45, 7) is 0.248. The van der Waals surface area contributed by atoms with Crippen LogP contribution in [-0.2, 0) is 4.79 Å². The topological polar surface area (TPSA) is 81.9 Å². The summed E-state index contributed by atoms with van der Waals surface area (Å²) in [7, 11) is 0. The number of anilines is 1. The molecule has 2 aliphatic heterocycles. The highest BCUT2D eigenvalue weighted by molar-refractivity contribution is 6.04. The molecular formula is C28H24F3N5O3. The second kappa shape index (κ2) is 9.73. The largest absolute Gasteiger partial charge is 0.391 e. The molecule has 11 heteroatoms. The van der Waals surface area contributed by atoms with Gasteiger partial charge in [0.15, 0.2) is 0 Å². The van der Waals surface area contributed by atoms with Crippen molar-refractivity contribution in [3.05, 3.63) is 89.9 Å². The molecule has 3 heterocycles. The van der Waals surface area contributed by atoms with Crippen molar-refractivity contribution in [2.24, 2.45) is 0 Å². The lowest BCUT2D eigenvalue weighted by Gasteiger charge is -2.27. The predicted octanol–water partition coefficient (Wildman–Crippen LogP) is 4.02. The fourth-order valence-electron chi connectivity index (χ4n) is 5.45. The molecule has 0 unspecified atom stereocenters. The highest BCUT2D eigenvalue weighted by atomic mass is 19.1. The van der Waals surface area contributed by atoms with Crippen molar-refractivity contribution in [2.75, 3.05) is 31.1 Å². The summed E-state index contributed by atoms with van der Waals surface area (Å²) in [6.07, 6.45) is 0.748. The molecule has 0 aliphatic carbocycles. The Hall–Kier alpha value is -4.38. The van der Waals surface area contributed by atoms with E-state index < -0.39 is 41.5 Å². The Kier molecular flexibility index (Phi) is 6.22. The molecule has 8 nitrogen and oxygen atoms in total. The smallest absolute Gasteiger partial charge is 0.325 e. The van der Waals surface area contributed by atoms with Gasteiger partial charge in [0, 0.05) is 30.6 Å². The summed E-state index contributed by atoms with van der Waals surface area (Å²) in [5.41, 5.74) is 1.46. The van der Waals surface area contributed by atoms with E-state index in [-0.39, 0.29) is 37.3 Å². The van der Waals surface area contributed by atoms with Crippen LogP contribution in [0.25, 0.3) is 16.6 Å². The first-order valence-corrected chi connectivity index (χ1v) is 12.5. The van der Waals surface area contributed by atoms with Gasteiger partial charge in [-0.05, 0) is 48.9 Å². The standard InChI is InChI=1S/C28H24F3N5O3/c29-17-8-9-21(30)19(12-17)26-13-18(37)15-35(26)27(38)16-33-10-11-34(28(33)39)23-6-3-7-24-20(23)14-32-36(24)25-5-2-1-4-22(25)31/h1-9,12,14,18,26,37H,10-11,13,15-16H2/t18-,26+/m0/s1. The van der Waals surface area contributed by atoms with E-state index in [0.29, 0.717) is 23.1 Å². The lowest BCUT2D eigenvalue weighted by Crippen LogP contribution is -2.42. The molecule has 0 spiro atoms. The Morgan fingerprint density at radius 1 is 0.974 bits per heavy atom. The van der Waals surface area contributed by atoms with Gasteiger partial charge in [0.2, 0.25) is 5.91 Å². The van der Waals surface area contributed by atoms with Crippen molar-refractivity contribution in [2.45, 2.75) is 18.6 Å². The minimum absolute atomic E-state index is 0.00665. The van der Waals surface area contributed by atoms with Gasteiger partial charge in [-0.15, -0.1) is 0 Å². The summed E-state index contributed by atoms with van der Waals surface area (Å²) in [5.74, 6) is -2.21. The van der Waals surface area contributed by atoms with Crippen molar-refractivity contribution in [1.82, 2.24) is 19.6 Å². The quantitative estimate of drug-likeness (QED) is 0.419. The molecule has 0 saturated carbocycles. The van der Waals surface area contributed by atoms with Gasteiger partial charge in [0.05, 0.1) is 29.5 Å². The zero-order valence-electron chi connectivity index (χ0n) is 20.7. The average molecular weight is 536 g/mol. The fourth-order valence-corrected chi connectivity index (χ4v) is 5.45. The molecule has 6 rings (SSSR count). The molecule has 3 aromatic carbocycles. The maximum Gasteiger partial charge on any atom is 0.325 e. The van der Waals surface area contributed by atoms with Crippen molar-refractivity contribution in [3.8, 4) is 5.69 Å². The minimum Gasteiger partial charge on any atom is -0.391 e. The van der Waals surface area contributed by atoms with Gasteiger partial charge in [-0.1, -0.05) is 18.2 Å². The number of carbonyl (C=O) groups is 2. The van der Waals surface area contributed by atoms with Crippen LogP contribution < -0.4 is 4.90 Å². The molecule has 0 bridgehead atoms. The molecule has 3 amide bonds. The lowest BCUT2D eigenvalue weighted by molar-refractivity contribution is -0.132. The second-order valence-corrected chi connectivity index (χ2v) is 9.69. The Bertz CT molecular complexity index is 1590. The van der Waals surface area contributed by atoms with Crippen molar-refractivity contribution in [3.63, 3.8) is 0 Å². The van der Waals surface area contributed by atoms with E-state index in [1.807, 2.05) is 0 Å². The van der Waals surface area contributed by atoms with Crippen molar-refractivity contribution in [1.29, 1.82) is 0 Å². The third-order valence-corrected chi connectivity index (χ3v) is 7.30. The molecule has 1 N–H and O–H groups in total. The molecule has 1 aromatic heterocycles. The molecular weight excluding hydrogens is 511 g/mol. The van der Waals surface area contributed by atoms with Gasteiger partial charge in [-0.2, -0.15) is 5.10 Å². The second-order valence-electron chi connectivity index (χ2n) is 9.69. The number of benzene rings is 3. The van der Waals surface area contributed by atoms with Crippen LogP contribution >= 0.6 is 0 Å². The minimum atomic E-state index is -0.893. The molecule has 0 radical (unpaired) electrons. The number of aromatic nitrogens is 2. The first-order valence-electron chi connectivity index (χ1n) is 12.5. The van der Waals surface area contributed by atoms with Gasteiger partial charge < -0.3 is 14.9 Å². The van der Waals surface area contributed by atoms with Gasteiger partial charge in [-0.3, -0.25) is 9.69 Å². The SMILES string of the molecule is O=C1N(CC(=O)N2C[C@@H](O)C[C@@H]2c2cc(F)ccc2F)CCN1c1cccc2c1cnn2-c1ccccc1F. The van der Waals surface area contributed by atoms with Crippen molar-refractivity contribution < 1.29 is 27.9 Å². The van der Waals surface area contributed by atoms with Crippen LogP contribution in [0.15, 0.2) is 66.9 Å². The van der Waals surface area contributed by atoms with E-state index in [0.717, 1.165) is 18.2 Å². The molecule has 2 saturated heterocycles. The Morgan fingerprint density at radius 2 is 1.77 bits per heavy atom. The van der Waals surface area contributed by atoms with Gasteiger partial charge in [0.25, 0.3) is 0 Å². The number of aliphatic hydroxyl groups excluding tert-OH is 1. The number of hydrogen-bond acceptors (Lipinski definition) is 4. The molecule has 4 aromatic rings. The van der Waals surface area contributed by atoms with Gasteiger partial charge in [0.1, 0.15) is 29.7 Å². The molecule has 2 atom stereocenters. The number of amides is 3. The number of urea groups is 1. The van der Waals surface area contributed by atoms with Crippen molar-refractivity contribution >= 4 is 28.5 Å². The fraction of sp³-hybridized carbons (Fsp3) is 0.250. The third kappa shape index (κ3) is 4.38. The number of para-hydroxylation sites is 1. The molecule has 39 heavy (non-hydrogen) atoms. The number of carbonyl (C=O) groups excluding carboxylic acids is 2. The average Bonchev–Trinajstić information content (AvgIpc) is 3.63. The number of halogens is 3. The number of rotatable bonds is 5. The van der Waals surface area contributed by atoms with Crippen LogP contribution in [0, 0.1) is 17.5 Å². The Balaban J connectivity index is 1.22. The van der Waals surface area contributed by atoms with E-state index in [1.165, 1.54) is 25.4 Å². The zero-order valence-corrected chi connectivity index (χ0v) is 20.7. The Labute approximate surface area is 221 Å². The third-order valence-electron chi connectivity index (χ3n) is 7.30. The maximum atomic E-state index is 14.5. The number of hydrogen-bond donors (Lipinski definition) is 1.